The van der Waals surface area contributed by atoms with Crippen LogP contribution in [0.5, 0.6) is 0 Å². The van der Waals surface area contributed by atoms with Crippen molar-refractivity contribution in [2.75, 3.05) is 13.1 Å². The standard InChI is InChI=1S/C10H14ClN3/c1-7-10(11)13-6-9(14-7)8-2-4-12-5-3-8/h6,8,12H,2-5H2,1H3. The molecule has 1 N–H and O–H groups in total. The first-order valence-corrected chi connectivity index (χ1v) is 5.35. The molecule has 0 saturated carbocycles. The summed E-state index contributed by atoms with van der Waals surface area (Å²) < 4.78 is 0. The van der Waals surface area contributed by atoms with E-state index in [0.29, 0.717) is 11.1 Å². The fraction of sp³-hybridized carbons (Fsp3) is 0.600. The van der Waals surface area contributed by atoms with Gasteiger partial charge < -0.3 is 5.32 Å². The number of halogens is 1. The van der Waals surface area contributed by atoms with Gasteiger partial charge in [-0.15, -0.1) is 0 Å². The van der Waals surface area contributed by atoms with Crippen LogP contribution in [0.4, 0.5) is 0 Å². The Labute approximate surface area is 88.9 Å². The molecule has 0 spiro atoms. The molecule has 0 bridgehead atoms. The minimum absolute atomic E-state index is 0.516. The quantitative estimate of drug-likeness (QED) is 0.771. The van der Waals surface area contributed by atoms with Gasteiger partial charge in [-0.2, -0.15) is 0 Å². The molecule has 4 heteroatoms. The summed E-state index contributed by atoms with van der Waals surface area (Å²) in [6, 6.07) is 0. The Bertz CT molecular complexity index is 321. The molecule has 0 aliphatic carbocycles. The first kappa shape index (κ1) is 9.87. The van der Waals surface area contributed by atoms with Crippen molar-refractivity contribution in [3.8, 4) is 0 Å². The fourth-order valence-corrected chi connectivity index (χ4v) is 1.89. The Morgan fingerprint density at radius 3 is 2.79 bits per heavy atom. The maximum Gasteiger partial charge on any atom is 0.150 e. The van der Waals surface area contributed by atoms with Crippen LogP contribution in [0.2, 0.25) is 5.15 Å². The van der Waals surface area contributed by atoms with E-state index in [1.807, 2.05) is 13.1 Å². The summed E-state index contributed by atoms with van der Waals surface area (Å²) in [5, 5.41) is 3.85. The molecule has 1 fully saturated rings. The average Bonchev–Trinajstić information content (AvgIpc) is 2.23. The van der Waals surface area contributed by atoms with Gasteiger partial charge in [0.05, 0.1) is 17.6 Å². The van der Waals surface area contributed by atoms with E-state index in [1.54, 1.807) is 0 Å². The van der Waals surface area contributed by atoms with Crippen molar-refractivity contribution in [1.29, 1.82) is 0 Å². The number of nitrogens with zero attached hydrogens (tertiary/aromatic N) is 2. The predicted molar refractivity (Wildman–Crippen MR) is 56.6 cm³/mol. The molecule has 0 atom stereocenters. The van der Waals surface area contributed by atoms with Gasteiger partial charge in [-0.05, 0) is 32.9 Å². The van der Waals surface area contributed by atoms with Gasteiger partial charge in [0.2, 0.25) is 0 Å². The van der Waals surface area contributed by atoms with E-state index >= 15 is 0 Å². The molecule has 1 aromatic rings. The fourth-order valence-electron chi connectivity index (χ4n) is 1.80. The summed E-state index contributed by atoms with van der Waals surface area (Å²) in [7, 11) is 0. The molecule has 1 aliphatic rings. The summed E-state index contributed by atoms with van der Waals surface area (Å²) in [5.74, 6) is 0.555. The third-order valence-corrected chi connectivity index (χ3v) is 3.03. The monoisotopic (exact) mass is 211 g/mol. The zero-order chi connectivity index (χ0) is 9.97. The van der Waals surface area contributed by atoms with E-state index in [2.05, 4.69) is 15.3 Å². The minimum Gasteiger partial charge on any atom is -0.317 e. The highest BCUT2D eigenvalue weighted by Gasteiger charge is 2.17. The third kappa shape index (κ3) is 2.04. The molecule has 1 saturated heterocycles. The van der Waals surface area contributed by atoms with Crippen LogP contribution in [0.15, 0.2) is 6.20 Å². The highest BCUT2D eigenvalue weighted by Crippen LogP contribution is 2.24. The second-order valence-corrected chi connectivity index (χ2v) is 4.05. The topological polar surface area (TPSA) is 37.8 Å². The number of aryl methyl sites for hydroxylation is 1. The number of nitrogens with one attached hydrogen (secondary N) is 1. The van der Waals surface area contributed by atoms with Crippen molar-refractivity contribution in [3.05, 3.63) is 22.7 Å². The molecule has 0 radical (unpaired) electrons. The third-order valence-electron chi connectivity index (χ3n) is 2.66. The SMILES string of the molecule is Cc1nc(C2CCNCC2)cnc1Cl. The lowest BCUT2D eigenvalue weighted by Crippen LogP contribution is -2.27. The van der Waals surface area contributed by atoms with Crippen molar-refractivity contribution in [3.63, 3.8) is 0 Å². The lowest BCUT2D eigenvalue weighted by atomic mass is 9.95. The van der Waals surface area contributed by atoms with Crippen LogP contribution in [0, 0.1) is 6.92 Å². The van der Waals surface area contributed by atoms with Gasteiger partial charge in [0.25, 0.3) is 0 Å². The van der Waals surface area contributed by atoms with E-state index < -0.39 is 0 Å². The molecule has 76 valence electrons. The van der Waals surface area contributed by atoms with E-state index in [9.17, 15) is 0 Å². The summed E-state index contributed by atoms with van der Waals surface area (Å²) in [4.78, 5) is 8.61. The summed E-state index contributed by atoms with van der Waals surface area (Å²) in [5.41, 5.74) is 1.93. The first-order chi connectivity index (χ1) is 6.77. The minimum atomic E-state index is 0.516. The van der Waals surface area contributed by atoms with E-state index in [0.717, 1.165) is 37.3 Å². The van der Waals surface area contributed by atoms with Crippen LogP contribution in [0.1, 0.15) is 30.1 Å². The van der Waals surface area contributed by atoms with Gasteiger partial charge in [-0.25, -0.2) is 4.98 Å². The predicted octanol–water partition coefficient (Wildman–Crippen LogP) is 1.91. The Hall–Kier alpha value is -0.670. The van der Waals surface area contributed by atoms with E-state index in [-0.39, 0.29) is 0 Å². The van der Waals surface area contributed by atoms with Gasteiger partial charge in [0, 0.05) is 5.92 Å². The largest absolute Gasteiger partial charge is 0.317 e. The second kappa shape index (κ2) is 4.24. The molecule has 1 aromatic heterocycles. The van der Waals surface area contributed by atoms with Gasteiger partial charge in [0.15, 0.2) is 0 Å². The van der Waals surface area contributed by atoms with Crippen LogP contribution in [0.3, 0.4) is 0 Å². The lowest BCUT2D eigenvalue weighted by Gasteiger charge is -2.21. The van der Waals surface area contributed by atoms with E-state index in [4.69, 9.17) is 11.6 Å². The summed E-state index contributed by atoms with van der Waals surface area (Å²) in [6.45, 7) is 4.06. The van der Waals surface area contributed by atoms with Gasteiger partial charge in [-0.1, -0.05) is 11.6 Å². The second-order valence-electron chi connectivity index (χ2n) is 3.70. The van der Waals surface area contributed by atoms with Crippen molar-refractivity contribution in [2.45, 2.75) is 25.7 Å². The van der Waals surface area contributed by atoms with Crippen molar-refractivity contribution >= 4 is 11.6 Å². The summed E-state index contributed by atoms with van der Waals surface area (Å²) >= 11 is 5.83. The van der Waals surface area contributed by atoms with Gasteiger partial charge in [-0.3, -0.25) is 4.98 Å². The highest BCUT2D eigenvalue weighted by molar-refractivity contribution is 6.29. The number of hydrogen-bond acceptors (Lipinski definition) is 3. The maximum absolute atomic E-state index is 5.83. The van der Waals surface area contributed by atoms with Gasteiger partial charge in [0.1, 0.15) is 5.15 Å². The molecular weight excluding hydrogens is 198 g/mol. The molecule has 2 heterocycles. The summed E-state index contributed by atoms with van der Waals surface area (Å²) in [6.07, 6.45) is 4.11. The van der Waals surface area contributed by atoms with Crippen LogP contribution in [-0.4, -0.2) is 23.1 Å². The number of piperidine rings is 1. The normalized spacial score (nSPS) is 18.4. The highest BCUT2D eigenvalue weighted by atomic mass is 35.5. The van der Waals surface area contributed by atoms with Gasteiger partial charge >= 0.3 is 0 Å². The smallest absolute Gasteiger partial charge is 0.150 e. The van der Waals surface area contributed by atoms with Crippen LogP contribution < -0.4 is 5.32 Å². The Morgan fingerprint density at radius 2 is 2.14 bits per heavy atom. The zero-order valence-electron chi connectivity index (χ0n) is 8.26. The maximum atomic E-state index is 5.83. The number of aromatic nitrogens is 2. The Kier molecular flexibility index (Phi) is 2.99. The Morgan fingerprint density at radius 1 is 1.43 bits per heavy atom. The van der Waals surface area contributed by atoms with Crippen molar-refractivity contribution in [1.82, 2.24) is 15.3 Å². The number of rotatable bonds is 1. The molecule has 0 aromatic carbocycles. The van der Waals surface area contributed by atoms with Crippen molar-refractivity contribution in [2.24, 2.45) is 0 Å². The molecule has 0 amide bonds. The molecule has 14 heavy (non-hydrogen) atoms. The number of hydrogen-bond donors (Lipinski definition) is 1. The average molecular weight is 212 g/mol. The van der Waals surface area contributed by atoms with Crippen LogP contribution in [0.25, 0.3) is 0 Å². The van der Waals surface area contributed by atoms with E-state index in [1.165, 1.54) is 0 Å². The molecule has 2 rings (SSSR count). The molecule has 1 aliphatic heterocycles. The Balaban J connectivity index is 2.18. The first-order valence-electron chi connectivity index (χ1n) is 4.97. The van der Waals surface area contributed by atoms with Crippen LogP contribution in [-0.2, 0) is 0 Å². The zero-order valence-corrected chi connectivity index (χ0v) is 9.01. The molecule has 0 unspecified atom stereocenters. The van der Waals surface area contributed by atoms with Crippen molar-refractivity contribution < 1.29 is 0 Å². The molecular formula is C10H14ClN3. The van der Waals surface area contributed by atoms with Crippen LogP contribution >= 0.6 is 11.6 Å². The molecule has 3 nitrogen and oxygen atoms in total. The lowest BCUT2D eigenvalue weighted by molar-refractivity contribution is 0.451.